The Labute approximate surface area is 193 Å². The number of ketones is 1. The van der Waals surface area contributed by atoms with Crippen molar-refractivity contribution in [1.82, 2.24) is 20.1 Å². The van der Waals surface area contributed by atoms with Gasteiger partial charge in [0.15, 0.2) is 16.8 Å². The first-order valence-corrected chi connectivity index (χ1v) is 11.6. The van der Waals surface area contributed by atoms with Crippen LogP contribution in [0.5, 0.6) is 0 Å². The van der Waals surface area contributed by atoms with Gasteiger partial charge in [0.05, 0.1) is 5.75 Å². The Morgan fingerprint density at radius 3 is 2.25 bits per heavy atom. The van der Waals surface area contributed by atoms with E-state index in [1.807, 2.05) is 35.9 Å². The maximum absolute atomic E-state index is 12.6. The molecule has 168 valence electrons. The number of rotatable bonds is 8. The van der Waals surface area contributed by atoms with E-state index in [1.54, 1.807) is 0 Å². The number of carbonyl (C=O) groups is 2. The van der Waals surface area contributed by atoms with Crippen molar-refractivity contribution in [1.29, 1.82) is 0 Å². The lowest BCUT2D eigenvalue weighted by Crippen LogP contribution is -2.22. The molecule has 6 nitrogen and oxygen atoms in total. The van der Waals surface area contributed by atoms with Crippen LogP contribution in [0.3, 0.4) is 0 Å². The molecule has 1 heterocycles. The number of hydrogen-bond acceptors (Lipinski definition) is 5. The Hall–Kier alpha value is -2.93. The van der Waals surface area contributed by atoms with E-state index in [0.717, 1.165) is 23.4 Å². The van der Waals surface area contributed by atoms with E-state index >= 15 is 0 Å². The van der Waals surface area contributed by atoms with Gasteiger partial charge in [0.25, 0.3) is 0 Å². The molecular formula is C25H30N4O2S. The summed E-state index contributed by atoms with van der Waals surface area (Å²) in [7, 11) is 1.92. The number of amides is 1. The second kappa shape index (κ2) is 10.1. The van der Waals surface area contributed by atoms with Crippen LogP contribution < -0.4 is 5.32 Å². The molecule has 2 aromatic carbocycles. The van der Waals surface area contributed by atoms with Gasteiger partial charge in [-0.15, -0.1) is 10.2 Å². The number of hydrogen-bond donors (Lipinski definition) is 1. The van der Waals surface area contributed by atoms with Gasteiger partial charge in [-0.3, -0.25) is 9.59 Å². The van der Waals surface area contributed by atoms with Gasteiger partial charge in [0.1, 0.15) is 0 Å². The normalized spacial score (nSPS) is 11.4. The van der Waals surface area contributed by atoms with Gasteiger partial charge in [-0.25, -0.2) is 0 Å². The number of nitrogens with one attached hydrogen (secondary N) is 1. The molecule has 0 fully saturated rings. The lowest BCUT2D eigenvalue weighted by Gasteiger charge is -2.19. The maximum Gasteiger partial charge on any atom is 0.216 e. The van der Waals surface area contributed by atoms with E-state index in [0.29, 0.717) is 23.0 Å². The largest absolute Gasteiger partial charge is 0.356 e. The fourth-order valence-corrected chi connectivity index (χ4v) is 4.07. The predicted molar refractivity (Wildman–Crippen MR) is 129 cm³/mol. The number of thioether (sulfide) groups is 1. The number of Topliss-reactive ketones (excluding diaryl/α,β-unsaturated/α-hetero) is 1. The molecular weight excluding hydrogens is 420 g/mol. The monoisotopic (exact) mass is 450 g/mol. The van der Waals surface area contributed by atoms with Crippen molar-refractivity contribution in [3.05, 3.63) is 65.2 Å². The van der Waals surface area contributed by atoms with Gasteiger partial charge in [-0.2, -0.15) is 0 Å². The smallest absolute Gasteiger partial charge is 0.216 e. The number of aromatic nitrogens is 3. The van der Waals surface area contributed by atoms with Gasteiger partial charge in [0, 0.05) is 31.6 Å². The van der Waals surface area contributed by atoms with Gasteiger partial charge in [-0.1, -0.05) is 81.1 Å². The van der Waals surface area contributed by atoms with E-state index in [1.165, 1.54) is 24.2 Å². The highest BCUT2D eigenvalue weighted by atomic mass is 32.2. The molecule has 1 aromatic heterocycles. The molecule has 0 unspecified atom stereocenters. The molecule has 0 radical (unpaired) electrons. The summed E-state index contributed by atoms with van der Waals surface area (Å²) in [5.41, 5.74) is 4.12. The SMILES string of the molecule is CC(=O)NCCc1ccc(C(=O)CSc2nnc(-c3ccc(C(C)(C)C)cc3)n2C)cc1. The summed E-state index contributed by atoms with van der Waals surface area (Å²) in [6.07, 6.45) is 0.737. The van der Waals surface area contributed by atoms with Crippen LogP contribution in [0, 0.1) is 0 Å². The third-order valence-electron chi connectivity index (χ3n) is 5.24. The minimum Gasteiger partial charge on any atom is -0.356 e. The maximum atomic E-state index is 12.6. The van der Waals surface area contributed by atoms with Crippen LogP contribution in [-0.2, 0) is 23.7 Å². The molecule has 0 saturated carbocycles. The van der Waals surface area contributed by atoms with Crippen molar-refractivity contribution < 1.29 is 9.59 Å². The summed E-state index contributed by atoms with van der Waals surface area (Å²) in [4.78, 5) is 23.6. The second-order valence-electron chi connectivity index (χ2n) is 8.83. The zero-order valence-electron chi connectivity index (χ0n) is 19.3. The zero-order chi connectivity index (χ0) is 23.3. The van der Waals surface area contributed by atoms with Crippen molar-refractivity contribution >= 4 is 23.5 Å². The van der Waals surface area contributed by atoms with Crippen molar-refractivity contribution in [3.63, 3.8) is 0 Å². The fourth-order valence-electron chi connectivity index (χ4n) is 3.26. The van der Waals surface area contributed by atoms with Gasteiger partial charge in [0.2, 0.25) is 5.91 Å². The number of benzene rings is 2. The second-order valence-corrected chi connectivity index (χ2v) is 9.78. The Balaban J connectivity index is 1.60. The summed E-state index contributed by atoms with van der Waals surface area (Å²) in [6.45, 7) is 8.66. The van der Waals surface area contributed by atoms with E-state index in [2.05, 4.69) is 60.6 Å². The minimum absolute atomic E-state index is 0.0392. The average molecular weight is 451 g/mol. The van der Waals surface area contributed by atoms with Crippen molar-refractivity contribution in [3.8, 4) is 11.4 Å². The van der Waals surface area contributed by atoms with Gasteiger partial charge >= 0.3 is 0 Å². The van der Waals surface area contributed by atoms with Crippen LogP contribution in [0.4, 0.5) is 0 Å². The Bertz CT molecular complexity index is 1080. The Morgan fingerprint density at radius 2 is 1.66 bits per heavy atom. The molecule has 3 aromatic rings. The molecule has 0 aliphatic heterocycles. The molecule has 7 heteroatoms. The van der Waals surface area contributed by atoms with E-state index in [9.17, 15) is 9.59 Å². The Morgan fingerprint density at radius 1 is 1.00 bits per heavy atom. The minimum atomic E-state index is -0.0392. The molecule has 0 saturated heterocycles. The predicted octanol–water partition coefficient (Wildman–Crippen LogP) is 4.43. The third kappa shape index (κ3) is 6.07. The molecule has 1 amide bonds. The van der Waals surface area contributed by atoms with Gasteiger partial charge < -0.3 is 9.88 Å². The summed E-state index contributed by atoms with van der Waals surface area (Å²) in [5, 5.41) is 12.1. The molecule has 0 aliphatic rings. The molecule has 1 N–H and O–H groups in total. The standard InChI is InChI=1S/C25H30N4O2S/c1-17(30)26-15-14-18-6-8-19(9-7-18)22(31)16-32-24-28-27-23(29(24)5)20-10-12-21(13-11-20)25(2,3)4/h6-13H,14-16H2,1-5H3,(H,26,30). The van der Waals surface area contributed by atoms with Crippen molar-refractivity contribution in [2.75, 3.05) is 12.3 Å². The summed E-state index contributed by atoms with van der Waals surface area (Å²) in [5.74, 6) is 1.08. The van der Waals surface area contributed by atoms with Crippen LogP contribution in [-0.4, -0.2) is 38.8 Å². The highest BCUT2D eigenvalue weighted by molar-refractivity contribution is 7.99. The Kier molecular flexibility index (Phi) is 7.51. The van der Waals surface area contributed by atoms with Crippen LogP contribution in [0.2, 0.25) is 0 Å². The zero-order valence-corrected chi connectivity index (χ0v) is 20.1. The lowest BCUT2D eigenvalue weighted by atomic mass is 9.87. The molecule has 0 aliphatic carbocycles. The van der Waals surface area contributed by atoms with Gasteiger partial charge in [-0.05, 0) is 23.0 Å². The first-order chi connectivity index (χ1) is 15.1. The van der Waals surface area contributed by atoms with Crippen LogP contribution in [0.25, 0.3) is 11.4 Å². The highest BCUT2D eigenvalue weighted by Crippen LogP contribution is 2.27. The number of carbonyl (C=O) groups excluding carboxylic acids is 2. The lowest BCUT2D eigenvalue weighted by molar-refractivity contribution is -0.118. The van der Waals surface area contributed by atoms with E-state index in [-0.39, 0.29) is 17.1 Å². The summed E-state index contributed by atoms with van der Waals surface area (Å²) >= 11 is 1.39. The first kappa shape index (κ1) is 23.7. The molecule has 3 rings (SSSR count). The van der Waals surface area contributed by atoms with Crippen molar-refractivity contribution in [2.24, 2.45) is 7.05 Å². The van der Waals surface area contributed by atoms with E-state index in [4.69, 9.17) is 0 Å². The molecule has 0 bridgehead atoms. The fraction of sp³-hybridized carbons (Fsp3) is 0.360. The molecule has 32 heavy (non-hydrogen) atoms. The van der Waals surface area contributed by atoms with Crippen LogP contribution in [0.1, 0.15) is 49.2 Å². The third-order valence-corrected chi connectivity index (χ3v) is 6.26. The molecule has 0 spiro atoms. The summed E-state index contributed by atoms with van der Waals surface area (Å²) < 4.78 is 1.93. The highest BCUT2D eigenvalue weighted by Gasteiger charge is 2.16. The first-order valence-electron chi connectivity index (χ1n) is 10.6. The van der Waals surface area contributed by atoms with Crippen LogP contribution in [0.15, 0.2) is 53.7 Å². The average Bonchev–Trinajstić information content (AvgIpc) is 3.12. The summed E-state index contributed by atoms with van der Waals surface area (Å²) in [6, 6.07) is 15.9. The van der Waals surface area contributed by atoms with E-state index < -0.39 is 0 Å². The quantitative estimate of drug-likeness (QED) is 0.406. The van der Waals surface area contributed by atoms with Crippen molar-refractivity contribution in [2.45, 2.75) is 44.7 Å². The van der Waals surface area contributed by atoms with Crippen LogP contribution >= 0.6 is 11.8 Å². The molecule has 0 atom stereocenters. The topological polar surface area (TPSA) is 76.9 Å². The number of nitrogens with zero attached hydrogens (tertiary/aromatic N) is 3.